The lowest BCUT2D eigenvalue weighted by atomic mass is 10.1. The molecule has 1 amide bonds. The summed E-state index contributed by atoms with van der Waals surface area (Å²) in [5.74, 6) is -1.50. The van der Waals surface area contributed by atoms with Crippen LogP contribution in [0.5, 0.6) is 0 Å². The van der Waals surface area contributed by atoms with Crippen LogP contribution in [0.25, 0.3) is 0 Å². The second-order valence-corrected chi connectivity index (χ2v) is 4.07. The lowest BCUT2D eigenvalue weighted by molar-refractivity contribution is -0.384. The summed E-state index contributed by atoms with van der Waals surface area (Å²) in [6.45, 7) is 2.12. The molecule has 0 heterocycles. The zero-order chi connectivity index (χ0) is 15.3. The van der Waals surface area contributed by atoms with E-state index in [0.29, 0.717) is 6.54 Å². The summed E-state index contributed by atoms with van der Waals surface area (Å²) in [6.07, 6.45) is 0. The molecular formula is C12H15N3O5. The Hall–Kier alpha value is -2.64. The number of likely N-dealkylation sites (N-methyl/N-ethyl adjacent to an activating group) is 2. The van der Waals surface area contributed by atoms with Crippen molar-refractivity contribution in [2.45, 2.75) is 6.92 Å². The van der Waals surface area contributed by atoms with Gasteiger partial charge in [-0.05, 0) is 13.0 Å². The molecule has 0 radical (unpaired) electrons. The number of benzene rings is 1. The first-order chi connectivity index (χ1) is 9.36. The Labute approximate surface area is 115 Å². The van der Waals surface area contributed by atoms with Gasteiger partial charge in [-0.25, -0.2) is 4.79 Å². The molecule has 8 heteroatoms. The highest BCUT2D eigenvalue weighted by Gasteiger charge is 2.19. The van der Waals surface area contributed by atoms with E-state index in [1.165, 1.54) is 11.9 Å². The molecule has 20 heavy (non-hydrogen) atoms. The van der Waals surface area contributed by atoms with Gasteiger partial charge in [0.15, 0.2) is 0 Å². The Morgan fingerprint density at radius 1 is 1.45 bits per heavy atom. The van der Waals surface area contributed by atoms with E-state index >= 15 is 0 Å². The van der Waals surface area contributed by atoms with Crippen LogP contribution in [0.15, 0.2) is 18.2 Å². The maximum absolute atomic E-state index is 11.5. The number of aromatic carboxylic acids is 1. The topological polar surface area (TPSA) is 113 Å². The number of non-ortho nitro benzene ring substituents is 1. The van der Waals surface area contributed by atoms with Gasteiger partial charge >= 0.3 is 5.97 Å². The number of nitrogens with zero attached hydrogens (tertiary/aromatic N) is 2. The third-order valence-electron chi connectivity index (χ3n) is 2.59. The lowest BCUT2D eigenvalue weighted by Crippen LogP contribution is -2.35. The molecule has 0 aliphatic heterocycles. The fourth-order valence-electron chi connectivity index (χ4n) is 1.68. The Morgan fingerprint density at radius 2 is 2.10 bits per heavy atom. The Kier molecular flexibility index (Phi) is 5.01. The molecule has 2 N–H and O–H groups in total. The number of amides is 1. The Bertz CT molecular complexity index is 544. The second kappa shape index (κ2) is 6.50. The number of rotatable bonds is 6. The van der Waals surface area contributed by atoms with E-state index in [1.54, 1.807) is 6.92 Å². The third-order valence-corrected chi connectivity index (χ3v) is 2.59. The summed E-state index contributed by atoms with van der Waals surface area (Å²) in [5, 5.41) is 22.4. The minimum absolute atomic E-state index is 0.0880. The van der Waals surface area contributed by atoms with Crippen LogP contribution in [0.1, 0.15) is 17.3 Å². The summed E-state index contributed by atoms with van der Waals surface area (Å²) in [7, 11) is 1.50. The zero-order valence-corrected chi connectivity index (χ0v) is 11.1. The Balaban J connectivity index is 3.11. The first kappa shape index (κ1) is 15.4. The molecule has 0 saturated heterocycles. The molecule has 0 aliphatic rings. The van der Waals surface area contributed by atoms with Gasteiger partial charge in [0.1, 0.15) is 0 Å². The Morgan fingerprint density at radius 3 is 2.60 bits per heavy atom. The number of hydrogen-bond donors (Lipinski definition) is 2. The first-order valence-corrected chi connectivity index (χ1v) is 5.86. The molecule has 0 saturated carbocycles. The van der Waals surface area contributed by atoms with Gasteiger partial charge in [-0.2, -0.15) is 0 Å². The molecule has 1 aromatic rings. The predicted molar refractivity (Wildman–Crippen MR) is 72.0 cm³/mol. The fourth-order valence-corrected chi connectivity index (χ4v) is 1.68. The van der Waals surface area contributed by atoms with E-state index in [2.05, 4.69) is 5.32 Å². The van der Waals surface area contributed by atoms with Gasteiger partial charge in [0, 0.05) is 25.7 Å². The van der Waals surface area contributed by atoms with Crippen molar-refractivity contribution in [2.24, 2.45) is 0 Å². The van der Waals surface area contributed by atoms with Gasteiger partial charge in [0.2, 0.25) is 5.91 Å². The van der Waals surface area contributed by atoms with E-state index in [9.17, 15) is 19.7 Å². The van der Waals surface area contributed by atoms with Crippen LogP contribution in [0, 0.1) is 10.1 Å². The van der Waals surface area contributed by atoms with E-state index in [1.807, 2.05) is 0 Å². The summed E-state index contributed by atoms with van der Waals surface area (Å²) in [5.41, 5.74) is -0.201. The van der Waals surface area contributed by atoms with Crippen molar-refractivity contribution < 1.29 is 19.6 Å². The number of nitro benzene ring substituents is 1. The van der Waals surface area contributed by atoms with Gasteiger partial charge in [-0.3, -0.25) is 14.9 Å². The molecule has 1 aromatic carbocycles. The van der Waals surface area contributed by atoms with Gasteiger partial charge < -0.3 is 15.3 Å². The van der Waals surface area contributed by atoms with Gasteiger partial charge in [0.25, 0.3) is 5.69 Å². The van der Waals surface area contributed by atoms with Gasteiger partial charge in [-0.15, -0.1) is 0 Å². The highest BCUT2D eigenvalue weighted by atomic mass is 16.6. The molecule has 0 bridgehead atoms. The van der Waals surface area contributed by atoms with Crippen molar-refractivity contribution in [3.8, 4) is 0 Å². The minimum atomic E-state index is -1.21. The molecule has 0 spiro atoms. The van der Waals surface area contributed by atoms with Gasteiger partial charge in [0.05, 0.1) is 22.7 Å². The molecule has 0 fully saturated rings. The van der Waals surface area contributed by atoms with Crippen LogP contribution < -0.4 is 10.2 Å². The maximum atomic E-state index is 11.5. The molecular weight excluding hydrogens is 266 g/mol. The summed E-state index contributed by atoms with van der Waals surface area (Å²) in [4.78, 5) is 34.1. The molecule has 0 aromatic heterocycles. The molecule has 0 aliphatic carbocycles. The normalized spacial score (nSPS) is 9.90. The van der Waals surface area contributed by atoms with E-state index in [0.717, 1.165) is 18.2 Å². The van der Waals surface area contributed by atoms with Crippen molar-refractivity contribution in [1.29, 1.82) is 0 Å². The fraction of sp³-hybridized carbons (Fsp3) is 0.333. The van der Waals surface area contributed by atoms with Crippen LogP contribution in [0.2, 0.25) is 0 Å². The second-order valence-electron chi connectivity index (χ2n) is 4.07. The van der Waals surface area contributed by atoms with E-state index in [4.69, 9.17) is 5.11 Å². The molecule has 0 atom stereocenters. The number of anilines is 1. The van der Waals surface area contributed by atoms with Gasteiger partial charge in [-0.1, -0.05) is 0 Å². The van der Waals surface area contributed by atoms with E-state index in [-0.39, 0.29) is 29.4 Å². The number of carboxylic acid groups (broad SMARTS) is 1. The monoisotopic (exact) mass is 281 g/mol. The van der Waals surface area contributed by atoms with E-state index < -0.39 is 10.9 Å². The number of carboxylic acids is 1. The lowest BCUT2D eigenvalue weighted by Gasteiger charge is -2.20. The average molecular weight is 281 g/mol. The van der Waals surface area contributed by atoms with Crippen LogP contribution in [0.3, 0.4) is 0 Å². The number of carbonyl (C=O) groups is 2. The third kappa shape index (κ3) is 3.67. The number of carbonyl (C=O) groups excluding carboxylic acids is 1. The smallest absolute Gasteiger partial charge is 0.337 e. The van der Waals surface area contributed by atoms with Crippen LogP contribution in [-0.4, -0.2) is 42.0 Å². The molecule has 0 unspecified atom stereocenters. The highest BCUT2D eigenvalue weighted by molar-refractivity contribution is 5.96. The molecule has 8 nitrogen and oxygen atoms in total. The predicted octanol–water partition coefficient (Wildman–Crippen LogP) is 0.865. The van der Waals surface area contributed by atoms with Crippen LogP contribution in [-0.2, 0) is 4.79 Å². The van der Waals surface area contributed by atoms with Crippen LogP contribution in [0.4, 0.5) is 11.4 Å². The summed E-state index contributed by atoms with van der Waals surface area (Å²) < 4.78 is 0. The summed E-state index contributed by atoms with van der Waals surface area (Å²) >= 11 is 0. The largest absolute Gasteiger partial charge is 0.478 e. The summed E-state index contributed by atoms with van der Waals surface area (Å²) in [6, 6.07) is 3.42. The molecule has 108 valence electrons. The number of nitrogens with one attached hydrogen (secondary N) is 1. The average Bonchev–Trinajstić information content (AvgIpc) is 2.37. The minimum Gasteiger partial charge on any atom is -0.478 e. The standard InChI is InChI=1S/C12H15N3O5/c1-3-13-11(16)7-14(2)10-6-8(15(19)20)4-5-9(10)12(17)18/h4-6H,3,7H2,1-2H3,(H,13,16)(H,17,18). The quantitative estimate of drug-likeness (QED) is 0.590. The van der Waals surface area contributed by atoms with Crippen LogP contribution >= 0.6 is 0 Å². The van der Waals surface area contributed by atoms with Crippen molar-refractivity contribution in [1.82, 2.24) is 5.32 Å². The maximum Gasteiger partial charge on any atom is 0.337 e. The van der Waals surface area contributed by atoms with Crippen molar-refractivity contribution >= 4 is 23.3 Å². The van der Waals surface area contributed by atoms with Crippen molar-refractivity contribution in [3.63, 3.8) is 0 Å². The SMILES string of the molecule is CCNC(=O)CN(C)c1cc([N+](=O)[O-])ccc1C(=O)O. The number of nitro groups is 1. The van der Waals surface area contributed by atoms with Crippen molar-refractivity contribution in [2.75, 3.05) is 25.0 Å². The first-order valence-electron chi connectivity index (χ1n) is 5.86. The molecule has 1 rings (SSSR count). The zero-order valence-electron chi connectivity index (χ0n) is 11.1. The highest BCUT2D eigenvalue weighted by Crippen LogP contribution is 2.25. The number of hydrogen-bond acceptors (Lipinski definition) is 5. The van der Waals surface area contributed by atoms with Crippen molar-refractivity contribution in [3.05, 3.63) is 33.9 Å².